The van der Waals surface area contributed by atoms with Crippen molar-refractivity contribution in [3.8, 4) is 34.5 Å². The molecule has 162 valence electrons. The zero-order valence-corrected chi connectivity index (χ0v) is 16.7. The summed E-state index contributed by atoms with van der Waals surface area (Å²) in [5, 5.41) is 13.3. The lowest BCUT2D eigenvalue weighted by molar-refractivity contribution is -0.123. The number of phenols is 1. The first-order chi connectivity index (χ1) is 15.0. The van der Waals surface area contributed by atoms with Gasteiger partial charge < -0.3 is 39.0 Å². The van der Waals surface area contributed by atoms with Crippen LogP contribution in [0, 0.1) is 0 Å². The van der Waals surface area contributed by atoms with Gasteiger partial charge in [-0.2, -0.15) is 0 Å². The number of hydrogen-bond acceptors (Lipinski definition) is 8. The first-order valence-corrected chi connectivity index (χ1v) is 9.74. The molecular formula is C21H20N2O8. The van der Waals surface area contributed by atoms with Crippen molar-refractivity contribution in [3.63, 3.8) is 0 Å². The normalized spacial score (nSPS) is 15.6. The predicted molar refractivity (Wildman–Crippen MR) is 105 cm³/mol. The number of hydrogen-bond donors (Lipinski definition) is 2. The van der Waals surface area contributed by atoms with Crippen molar-refractivity contribution in [1.29, 1.82) is 0 Å². The summed E-state index contributed by atoms with van der Waals surface area (Å²) in [4.78, 5) is 26.5. The largest absolute Gasteiger partial charge is 0.504 e. The van der Waals surface area contributed by atoms with E-state index in [1.54, 1.807) is 25.2 Å². The van der Waals surface area contributed by atoms with Crippen molar-refractivity contribution in [1.82, 2.24) is 10.2 Å². The summed E-state index contributed by atoms with van der Waals surface area (Å²) in [5.74, 6) is 1.28. The Morgan fingerprint density at radius 2 is 1.94 bits per heavy atom. The lowest BCUT2D eigenvalue weighted by Gasteiger charge is -2.28. The molecule has 0 aliphatic carbocycles. The number of aromatic hydroxyl groups is 1. The average Bonchev–Trinajstić information content (AvgIpc) is 3.43. The van der Waals surface area contributed by atoms with Crippen LogP contribution in [0.2, 0.25) is 0 Å². The number of ether oxygens (including phenoxy) is 5. The number of nitrogens with zero attached hydrogens (tertiary/aromatic N) is 1. The van der Waals surface area contributed by atoms with Gasteiger partial charge in [0.05, 0.1) is 5.56 Å². The minimum absolute atomic E-state index is 0.0655. The second kappa shape index (κ2) is 7.46. The van der Waals surface area contributed by atoms with E-state index in [-0.39, 0.29) is 55.6 Å². The van der Waals surface area contributed by atoms with Gasteiger partial charge in [-0.15, -0.1) is 0 Å². The van der Waals surface area contributed by atoms with Gasteiger partial charge in [0.1, 0.15) is 5.75 Å². The SMILES string of the molecule is CN1CCc2c(CNC(=O)COc3ccc4c(c3)OCO4)c3c(c(O)c2C1=O)OCO3. The lowest BCUT2D eigenvalue weighted by atomic mass is 9.91. The third kappa shape index (κ3) is 3.29. The van der Waals surface area contributed by atoms with Crippen LogP contribution in [0.3, 0.4) is 0 Å². The van der Waals surface area contributed by atoms with E-state index in [1.165, 1.54) is 4.90 Å². The molecule has 10 nitrogen and oxygen atoms in total. The third-order valence-electron chi connectivity index (χ3n) is 5.44. The van der Waals surface area contributed by atoms with Crippen LogP contribution in [0.1, 0.15) is 21.5 Å². The molecule has 3 heterocycles. The summed E-state index contributed by atoms with van der Waals surface area (Å²) < 4.78 is 27.0. The van der Waals surface area contributed by atoms with E-state index >= 15 is 0 Å². The minimum atomic E-state index is -0.355. The topological polar surface area (TPSA) is 116 Å². The quantitative estimate of drug-likeness (QED) is 0.729. The number of rotatable bonds is 5. The van der Waals surface area contributed by atoms with Crippen LogP contribution in [-0.2, 0) is 17.8 Å². The third-order valence-corrected chi connectivity index (χ3v) is 5.44. The molecule has 2 amide bonds. The summed E-state index contributed by atoms with van der Waals surface area (Å²) in [5.41, 5.74) is 1.47. The fourth-order valence-electron chi connectivity index (χ4n) is 3.84. The molecule has 0 aromatic heterocycles. The standard InChI is InChI=1S/C21H20N2O8/c1-23-5-4-12-13(19-20(31-10-30-19)18(25)17(12)21(23)26)7-22-16(24)8-27-11-2-3-14-15(6-11)29-9-28-14/h2-3,6,25H,4-5,7-10H2,1H3,(H,22,24). The van der Waals surface area contributed by atoms with Gasteiger partial charge in [0.15, 0.2) is 29.6 Å². The molecular weight excluding hydrogens is 408 g/mol. The van der Waals surface area contributed by atoms with E-state index in [4.69, 9.17) is 23.7 Å². The summed E-state index contributed by atoms with van der Waals surface area (Å²) in [6, 6.07) is 5.07. The Balaban J connectivity index is 1.31. The number of amides is 2. The van der Waals surface area contributed by atoms with Gasteiger partial charge in [-0.3, -0.25) is 9.59 Å². The van der Waals surface area contributed by atoms with Crippen LogP contribution in [0.25, 0.3) is 0 Å². The number of likely N-dealkylation sites (N-methyl/N-ethyl adjacent to an activating group) is 1. The molecule has 0 bridgehead atoms. The first-order valence-electron chi connectivity index (χ1n) is 9.74. The van der Waals surface area contributed by atoms with E-state index in [2.05, 4.69) is 5.32 Å². The number of nitrogens with one attached hydrogen (secondary N) is 1. The zero-order chi connectivity index (χ0) is 21.5. The number of carbonyl (C=O) groups is 2. The van der Waals surface area contributed by atoms with Gasteiger partial charge >= 0.3 is 0 Å². The van der Waals surface area contributed by atoms with Crippen molar-refractivity contribution >= 4 is 11.8 Å². The molecule has 0 saturated heterocycles. The molecule has 2 N–H and O–H groups in total. The molecule has 2 aromatic rings. The highest BCUT2D eigenvalue weighted by atomic mass is 16.7. The maximum atomic E-state index is 12.6. The van der Waals surface area contributed by atoms with Crippen LogP contribution in [0.15, 0.2) is 18.2 Å². The van der Waals surface area contributed by atoms with E-state index in [0.717, 1.165) is 0 Å². The molecule has 31 heavy (non-hydrogen) atoms. The van der Waals surface area contributed by atoms with Gasteiger partial charge in [0.2, 0.25) is 19.3 Å². The maximum absolute atomic E-state index is 12.6. The molecule has 10 heteroatoms. The lowest BCUT2D eigenvalue weighted by Crippen LogP contribution is -2.36. The maximum Gasteiger partial charge on any atom is 0.258 e. The van der Waals surface area contributed by atoms with Crippen molar-refractivity contribution in [2.75, 3.05) is 33.8 Å². The first kappa shape index (κ1) is 19.2. The van der Waals surface area contributed by atoms with E-state index < -0.39 is 0 Å². The Hall–Kier alpha value is -3.82. The summed E-state index contributed by atoms with van der Waals surface area (Å²) in [6.07, 6.45) is 0.528. The van der Waals surface area contributed by atoms with Gasteiger partial charge in [-0.05, 0) is 24.1 Å². The monoisotopic (exact) mass is 428 g/mol. The molecule has 3 aliphatic rings. The van der Waals surface area contributed by atoms with E-state index in [9.17, 15) is 14.7 Å². The van der Waals surface area contributed by atoms with Crippen LogP contribution in [0.5, 0.6) is 34.5 Å². The molecule has 0 spiro atoms. The molecule has 0 unspecified atom stereocenters. The molecule has 0 saturated carbocycles. The fraction of sp³-hybridized carbons (Fsp3) is 0.333. The Morgan fingerprint density at radius 3 is 2.81 bits per heavy atom. The molecule has 3 aliphatic heterocycles. The molecule has 0 fully saturated rings. The Morgan fingerprint density at radius 1 is 1.16 bits per heavy atom. The van der Waals surface area contributed by atoms with Crippen LogP contribution in [0.4, 0.5) is 0 Å². The number of phenolic OH excluding ortho intramolecular Hbond substituents is 1. The van der Waals surface area contributed by atoms with Crippen molar-refractivity contribution in [2.24, 2.45) is 0 Å². The average molecular weight is 428 g/mol. The van der Waals surface area contributed by atoms with Crippen LogP contribution >= 0.6 is 0 Å². The highest BCUT2D eigenvalue weighted by molar-refractivity contribution is 6.01. The van der Waals surface area contributed by atoms with Crippen LogP contribution < -0.4 is 29.0 Å². The Kier molecular flexibility index (Phi) is 4.61. The van der Waals surface area contributed by atoms with Gasteiger partial charge in [-0.1, -0.05) is 0 Å². The zero-order valence-electron chi connectivity index (χ0n) is 16.7. The molecule has 0 atom stereocenters. The summed E-state index contributed by atoms with van der Waals surface area (Å²) >= 11 is 0. The fourth-order valence-corrected chi connectivity index (χ4v) is 3.84. The molecule has 5 rings (SSSR count). The number of carbonyl (C=O) groups excluding carboxylic acids is 2. The van der Waals surface area contributed by atoms with Gasteiger partial charge in [-0.25, -0.2) is 0 Å². The smallest absolute Gasteiger partial charge is 0.258 e. The highest BCUT2D eigenvalue weighted by Crippen LogP contribution is 2.49. The Bertz CT molecular complexity index is 1080. The van der Waals surface area contributed by atoms with E-state index in [0.29, 0.717) is 47.1 Å². The summed E-state index contributed by atoms with van der Waals surface area (Å²) in [6.45, 7) is 0.490. The number of fused-ring (bicyclic) bond motifs is 3. The van der Waals surface area contributed by atoms with Gasteiger partial charge in [0.25, 0.3) is 11.8 Å². The van der Waals surface area contributed by atoms with Gasteiger partial charge in [0, 0.05) is 31.8 Å². The minimum Gasteiger partial charge on any atom is -0.504 e. The predicted octanol–water partition coefficient (Wildman–Crippen LogP) is 1.17. The summed E-state index contributed by atoms with van der Waals surface area (Å²) in [7, 11) is 1.67. The van der Waals surface area contributed by atoms with Crippen molar-refractivity contribution in [2.45, 2.75) is 13.0 Å². The second-order valence-corrected chi connectivity index (χ2v) is 7.30. The second-order valence-electron chi connectivity index (χ2n) is 7.30. The Labute approximate surface area is 177 Å². The highest BCUT2D eigenvalue weighted by Gasteiger charge is 2.35. The van der Waals surface area contributed by atoms with E-state index in [1.807, 2.05) is 0 Å². The molecule has 2 aromatic carbocycles. The van der Waals surface area contributed by atoms with Crippen molar-refractivity contribution in [3.05, 3.63) is 34.9 Å². The van der Waals surface area contributed by atoms with Crippen molar-refractivity contribution < 1.29 is 38.4 Å². The van der Waals surface area contributed by atoms with Crippen LogP contribution in [-0.4, -0.2) is 55.6 Å². The molecule has 0 radical (unpaired) electrons. The number of benzene rings is 2.